The number of aryl methyl sites for hydroxylation is 2. The van der Waals surface area contributed by atoms with E-state index in [1.807, 2.05) is 50.1 Å². The van der Waals surface area contributed by atoms with Gasteiger partial charge >= 0.3 is 0 Å². The van der Waals surface area contributed by atoms with Gasteiger partial charge in [0.2, 0.25) is 0 Å². The molecule has 7 heterocycles. The number of morpholine rings is 1. The fraction of sp³-hybridized carbons (Fsp3) is 0.395. The summed E-state index contributed by atoms with van der Waals surface area (Å²) in [5.74, 6) is 8.13. The van der Waals surface area contributed by atoms with Crippen LogP contribution >= 0.6 is 0 Å². The van der Waals surface area contributed by atoms with Crippen molar-refractivity contribution in [1.29, 1.82) is 0 Å². The number of aliphatic hydroxyl groups is 1. The number of para-hydroxylation sites is 1. The second kappa shape index (κ2) is 16.5. The third-order valence-corrected chi connectivity index (χ3v) is 9.15. The molecule has 0 radical (unpaired) electrons. The second-order valence-electron chi connectivity index (χ2n) is 12.1. The van der Waals surface area contributed by atoms with Crippen molar-refractivity contribution in [2.24, 2.45) is 0 Å². The Bertz CT molecular complexity index is 2020. The fourth-order valence-corrected chi connectivity index (χ4v) is 6.34. The number of aliphatic hydroxyl groups excluding tert-OH is 1. The van der Waals surface area contributed by atoms with Crippen LogP contribution in [0.3, 0.4) is 0 Å². The average molecular weight is 681 g/mol. The van der Waals surface area contributed by atoms with E-state index < -0.39 is 0 Å². The number of pyridine rings is 2. The molecule has 0 saturated carbocycles. The van der Waals surface area contributed by atoms with E-state index in [1.54, 1.807) is 12.4 Å². The number of anilines is 2. The van der Waals surface area contributed by atoms with Gasteiger partial charge in [-0.1, -0.05) is 30.9 Å². The minimum Gasteiger partial charge on any atom is -0.450 e. The van der Waals surface area contributed by atoms with Crippen LogP contribution in [0, 0.1) is 18.8 Å². The Morgan fingerprint density at radius 1 is 1.06 bits per heavy atom. The number of carbonyl (C=O) groups excluding carboxylic acids is 1. The van der Waals surface area contributed by atoms with Crippen molar-refractivity contribution in [2.45, 2.75) is 51.7 Å². The number of hydrogen-bond donors (Lipinski definition) is 2. The van der Waals surface area contributed by atoms with Gasteiger partial charge in [-0.2, -0.15) is 0 Å². The maximum Gasteiger partial charge on any atom is 0.271 e. The lowest BCUT2D eigenvalue weighted by Gasteiger charge is -2.53. The molecule has 1 aromatic carbocycles. The highest BCUT2D eigenvalue weighted by Gasteiger charge is 2.50. The quantitative estimate of drug-likeness (QED) is 0.261. The molecule has 3 aliphatic heterocycles. The topological polar surface area (TPSA) is 147 Å². The number of fused-ring (bicyclic) bond motifs is 3. The first kappa shape index (κ1) is 36.2. The molecule has 12 heteroatoms. The molecule has 262 valence electrons. The van der Waals surface area contributed by atoms with Crippen LogP contribution in [-0.2, 0) is 20.7 Å². The van der Waals surface area contributed by atoms with Crippen molar-refractivity contribution in [3.8, 4) is 11.8 Å². The number of benzene rings is 1. The standard InChI is InChI=1S/C20H21N3O3.C16H17N3O.CH4O.CH2O/c1-14-17(4-3-7-21-14)6-5-16-10-18(19(24)22-11-16)23-8-9-26-20(15(23)2)12-25-13-20;1-2-13-17-14-11-7-3-4-8-12(11)20-15(14)16(18-13)19-9-5-6-10-19;2*1-2/h3-4,7,10-11,15H,8-9,12-13H2,1-2H3,(H,22,24);3-4,7-8H,2,5-6,9-10H2,1H3;2H,1H3;1H2. The summed E-state index contributed by atoms with van der Waals surface area (Å²) >= 11 is 0. The van der Waals surface area contributed by atoms with E-state index in [4.69, 9.17) is 28.8 Å². The van der Waals surface area contributed by atoms with Crippen molar-refractivity contribution in [1.82, 2.24) is 19.9 Å². The van der Waals surface area contributed by atoms with Crippen LogP contribution in [0.1, 0.15) is 49.3 Å². The highest BCUT2D eigenvalue weighted by Crippen LogP contribution is 2.35. The number of ether oxygens (including phenoxy) is 2. The van der Waals surface area contributed by atoms with Gasteiger partial charge in [0.1, 0.15) is 35.0 Å². The molecular formula is C38H44N6O6. The van der Waals surface area contributed by atoms with E-state index in [0.717, 1.165) is 77.2 Å². The van der Waals surface area contributed by atoms with Gasteiger partial charge in [-0.3, -0.25) is 9.78 Å². The van der Waals surface area contributed by atoms with Crippen molar-refractivity contribution >= 4 is 40.4 Å². The molecule has 1 spiro atoms. The summed E-state index contributed by atoms with van der Waals surface area (Å²) in [6.07, 6.45) is 6.70. The largest absolute Gasteiger partial charge is 0.450 e. The first-order valence-corrected chi connectivity index (χ1v) is 16.8. The fourth-order valence-electron chi connectivity index (χ4n) is 6.34. The Balaban J connectivity index is 0.000000181. The highest BCUT2D eigenvalue weighted by atomic mass is 16.6. The van der Waals surface area contributed by atoms with Crippen molar-refractivity contribution in [3.05, 3.63) is 87.9 Å². The van der Waals surface area contributed by atoms with E-state index >= 15 is 0 Å². The molecule has 12 nitrogen and oxygen atoms in total. The molecule has 3 saturated heterocycles. The molecule has 50 heavy (non-hydrogen) atoms. The zero-order valence-corrected chi connectivity index (χ0v) is 29.1. The third kappa shape index (κ3) is 7.40. The SMILES string of the molecule is C=O.CCc1nc(N2CCCC2)c2oc3ccccc3c2n1.CO.Cc1ncccc1C#Cc1c[nH]c(=O)c(N2CCOC3(COC3)C2C)c1. The third-order valence-electron chi connectivity index (χ3n) is 9.15. The summed E-state index contributed by atoms with van der Waals surface area (Å²) < 4.78 is 17.3. The lowest BCUT2D eigenvalue weighted by Crippen LogP contribution is -2.68. The minimum atomic E-state index is -0.306. The summed E-state index contributed by atoms with van der Waals surface area (Å²) in [6, 6.07) is 13.8. The molecule has 8 rings (SSSR count). The first-order chi connectivity index (χ1) is 24.5. The Labute approximate surface area is 291 Å². The van der Waals surface area contributed by atoms with E-state index in [-0.39, 0.29) is 17.2 Å². The Kier molecular flexibility index (Phi) is 12.0. The van der Waals surface area contributed by atoms with Gasteiger partial charge in [0.05, 0.1) is 31.6 Å². The van der Waals surface area contributed by atoms with Crippen molar-refractivity contribution in [3.63, 3.8) is 0 Å². The number of aromatic amines is 1. The Hall–Kier alpha value is -5.09. The smallest absolute Gasteiger partial charge is 0.271 e. The maximum atomic E-state index is 12.4. The monoisotopic (exact) mass is 680 g/mol. The van der Waals surface area contributed by atoms with Crippen molar-refractivity contribution < 1.29 is 23.8 Å². The minimum absolute atomic E-state index is 0.0647. The number of rotatable bonds is 3. The van der Waals surface area contributed by atoms with Gasteiger partial charge in [-0.15, -0.1) is 0 Å². The normalized spacial score (nSPS) is 17.3. The summed E-state index contributed by atoms with van der Waals surface area (Å²) in [7, 11) is 1.00. The number of nitrogens with zero attached hydrogens (tertiary/aromatic N) is 5. The van der Waals surface area contributed by atoms with Gasteiger partial charge in [-0.25, -0.2) is 9.97 Å². The predicted octanol–water partition coefficient (Wildman–Crippen LogP) is 4.43. The van der Waals surface area contributed by atoms with E-state index in [2.05, 4.69) is 56.5 Å². The summed E-state index contributed by atoms with van der Waals surface area (Å²) in [5, 5.41) is 8.08. The lowest BCUT2D eigenvalue weighted by atomic mass is 9.90. The summed E-state index contributed by atoms with van der Waals surface area (Å²) in [4.78, 5) is 41.3. The van der Waals surface area contributed by atoms with Crippen LogP contribution in [-0.4, -0.2) is 90.0 Å². The van der Waals surface area contributed by atoms with Crippen LogP contribution < -0.4 is 15.4 Å². The highest BCUT2D eigenvalue weighted by molar-refractivity contribution is 6.05. The van der Waals surface area contributed by atoms with Gasteiger partial charge in [0, 0.05) is 62.1 Å². The molecule has 3 fully saturated rings. The number of H-pyrrole nitrogens is 1. The van der Waals surface area contributed by atoms with Crippen LogP contribution in [0.25, 0.3) is 22.1 Å². The molecule has 2 N–H and O–H groups in total. The van der Waals surface area contributed by atoms with Gasteiger partial charge in [0.15, 0.2) is 11.4 Å². The molecule has 0 aliphatic carbocycles. The van der Waals surface area contributed by atoms with Crippen molar-refractivity contribution in [2.75, 3.05) is 56.4 Å². The summed E-state index contributed by atoms with van der Waals surface area (Å²) in [5.41, 5.74) is 5.42. The number of aromatic nitrogens is 4. The molecule has 4 aromatic heterocycles. The number of furan rings is 1. The second-order valence-corrected chi connectivity index (χ2v) is 12.1. The molecule has 3 aliphatic rings. The van der Waals surface area contributed by atoms with Crippen LogP contribution in [0.4, 0.5) is 11.5 Å². The molecule has 0 bridgehead atoms. The van der Waals surface area contributed by atoms with E-state index in [0.29, 0.717) is 32.1 Å². The average Bonchev–Trinajstić information content (AvgIpc) is 3.82. The molecule has 0 amide bonds. The van der Waals surface area contributed by atoms with Crippen LogP contribution in [0.5, 0.6) is 0 Å². The molecule has 1 atom stereocenters. The van der Waals surface area contributed by atoms with Crippen LogP contribution in [0.15, 0.2) is 64.1 Å². The predicted molar refractivity (Wildman–Crippen MR) is 194 cm³/mol. The summed E-state index contributed by atoms with van der Waals surface area (Å²) in [6.45, 7) is 12.6. The lowest BCUT2D eigenvalue weighted by molar-refractivity contribution is -0.228. The Morgan fingerprint density at radius 3 is 2.52 bits per heavy atom. The first-order valence-electron chi connectivity index (χ1n) is 16.8. The maximum absolute atomic E-state index is 12.4. The van der Waals surface area contributed by atoms with Gasteiger partial charge in [0.25, 0.3) is 5.56 Å². The van der Waals surface area contributed by atoms with E-state index in [1.165, 1.54) is 12.8 Å². The zero-order chi connectivity index (χ0) is 35.7. The zero-order valence-electron chi connectivity index (χ0n) is 29.1. The molecule has 1 unspecified atom stereocenters. The molecular weight excluding hydrogens is 636 g/mol. The molecule has 5 aromatic rings. The number of nitrogens with one attached hydrogen (secondary N) is 1. The number of carbonyl (C=O) groups is 1. The number of hydrogen-bond acceptors (Lipinski definition) is 11. The Morgan fingerprint density at radius 2 is 1.82 bits per heavy atom. The van der Waals surface area contributed by atoms with E-state index in [9.17, 15) is 4.79 Å². The van der Waals surface area contributed by atoms with Gasteiger partial charge < -0.3 is 38.6 Å². The van der Waals surface area contributed by atoms with Crippen LogP contribution in [0.2, 0.25) is 0 Å². The van der Waals surface area contributed by atoms with Gasteiger partial charge in [-0.05, 0) is 57.0 Å².